The van der Waals surface area contributed by atoms with Crippen molar-refractivity contribution < 1.29 is 23.5 Å². The molecule has 0 N–H and O–H groups in total. The van der Waals surface area contributed by atoms with E-state index in [2.05, 4.69) is 16.8 Å². The third-order valence-corrected chi connectivity index (χ3v) is 7.06. The molecule has 0 atom stereocenters. The third-order valence-electron chi connectivity index (χ3n) is 7.06. The van der Waals surface area contributed by atoms with Gasteiger partial charge in [-0.25, -0.2) is 4.79 Å². The van der Waals surface area contributed by atoms with Crippen LogP contribution in [0.2, 0.25) is 0 Å². The van der Waals surface area contributed by atoms with Crippen molar-refractivity contribution in [3.63, 3.8) is 0 Å². The van der Waals surface area contributed by atoms with E-state index < -0.39 is 5.63 Å². The number of benzene rings is 1. The molecule has 2 saturated heterocycles. The molecule has 0 spiro atoms. The summed E-state index contributed by atoms with van der Waals surface area (Å²) >= 11 is 0. The monoisotopic (exact) mass is 486 g/mol. The molecule has 2 aliphatic rings. The minimum Gasteiger partial charge on any atom is -0.493 e. The van der Waals surface area contributed by atoms with Crippen LogP contribution >= 0.6 is 0 Å². The molecule has 0 unspecified atom stereocenters. The average Bonchev–Trinajstić information content (AvgIpc) is 2.86. The van der Waals surface area contributed by atoms with Gasteiger partial charge in [0.1, 0.15) is 5.58 Å². The maximum absolute atomic E-state index is 13.0. The predicted octanol–water partition coefficient (Wildman–Crippen LogP) is 0.579. The summed E-state index contributed by atoms with van der Waals surface area (Å²) in [5.41, 5.74) is 0.913. The summed E-state index contributed by atoms with van der Waals surface area (Å²) in [5, 5.41) is 0.706. The van der Waals surface area contributed by atoms with E-state index in [1.165, 1.54) is 7.11 Å². The van der Waals surface area contributed by atoms with Crippen LogP contribution in [-0.4, -0.2) is 112 Å². The first-order valence-corrected chi connectivity index (χ1v) is 12.0. The zero-order valence-electron chi connectivity index (χ0n) is 21.0. The molecule has 4 rings (SSSR count). The largest absolute Gasteiger partial charge is 0.493 e. The van der Waals surface area contributed by atoms with Gasteiger partial charge in [0.05, 0.1) is 32.7 Å². The van der Waals surface area contributed by atoms with Crippen LogP contribution in [-0.2, 0) is 16.0 Å². The summed E-state index contributed by atoms with van der Waals surface area (Å²) in [6, 6.07) is 3.38. The summed E-state index contributed by atoms with van der Waals surface area (Å²) in [4.78, 5) is 46.4. The number of likely N-dealkylation sites (N-methyl/N-ethyl adjacent to an activating group) is 1. The van der Waals surface area contributed by atoms with Crippen LogP contribution in [0.5, 0.6) is 11.5 Å². The van der Waals surface area contributed by atoms with Gasteiger partial charge in [-0.15, -0.1) is 0 Å². The molecular weight excluding hydrogens is 452 g/mol. The first-order valence-electron chi connectivity index (χ1n) is 12.0. The highest BCUT2D eigenvalue weighted by molar-refractivity contribution is 5.87. The van der Waals surface area contributed by atoms with Crippen molar-refractivity contribution in [3.05, 3.63) is 33.7 Å². The van der Waals surface area contributed by atoms with Crippen LogP contribution in [0.3, 0.4) is 0 Å². The lowest BCUT2D eigenvalue weighted by atomic mass is 10.0. The van der Waals surface area contributed by atoms with E-state index in [0.717, 1.165) is 26.2 Å². The lowest BCUT2D eigenvalue weighted by Gasteiger charge is -2.37. The Hall–Kier alpha value is -3.11. The molecule has 0 saturated carbocycles. The minimum absolute atomic E-state index is 0.0291. The number of rotatable bonds is 6. The summed E-state index contributed by atoms with van der Waals surface area (Å²) in [6.07, 6.45) is -0.0291. The highest BCUT2D eigenvalue weighted by Crippen LogP contribution is 2.33. The highest BCUT2D eigenvalue weighted by atomic mass is 16.5. The fourth-order valence-electron chi connectivity index (χ4n) is 4.69. The Balaban J connectivity index is 1.38. The minimum atomic E-state index is -0.521. The van der Waals surface area contributed by atoms with Crippen molar-refractivity contribution in [2.45, 2.75) is 13.3 Å². The van der Waals surface area contributed by atoms with Crippen LogP contribution in [0, 0.1) is 6.92 Å². The molecule has 3 heterocycles. The van der Waals surface area contributed by atoms with E-state index >= 15 is 0 Å². The Morgan fingerprint density at radius 3 is 2.09 bits per heavy atom. The highest BCUT2D eigenvalue weighted by Gasteiger charge is 2.27. The molecule has 2 aromatic rings. The van der Waals surface area contributed by atoms with E-state index in [1.54, 1.807) is 24.1 Å². The second kappa shape index (κ2) is 10.7. The Labute approximate surface area is 204 Å². The fraction of sp³-hybridized carbons (Fsp3) is 0.560. The second-order valence-corrected chi connectivity index (χ2v) is 9.21. The quantitative estimate of drug-likeness (QED) is 0.548. The van der Waals surface area contributed by atoms with Crippen molar-refractivity contribution in [3.8, 4) is 11.5 Å². The number of piperazine rings is 2. The number of amides is 2. The molecular formula is C25H34N4O6. The number of hydrogen-bond donors (Lipinski definition) is 0. The summed E-state index contributed by atoms with van der Waals surface area (Å²) in [7, 11) is 5.13. The summed E-state index contributed by atoms with van der Waals surface area (Å²) in [6.45, 7) is 7.84. The van der Waals surface area contributed by atoms with Crippen molar-refractivity contribution in [1.29, 1.82) is 0 Å². The number of carbonyl (C=O) groups is 2. The van der Waals surface area contributed by atoms with Crippen LogP contribution in [0.4, 0.5) is 0 Å². The zero-order chi connectivity index (χ0) is 25.1. The SMILES string of the molecule is COc1cc2oc(=O)c(CC(=O)N3CCN(CC(=O)N4CCN(C)CC4)CC3)c(C)c2cc1OC. The number of methoxy groups -OCH3 is 2. The van der Waals surface area contributed by atoms with E-state index in [1.807, 2.05) is 11.8 Å². The molecule has 190 valence electrons. The fourth-order valence-corrected chi connectivity index (χ4v) is 4.69. The molecule has 1 aromatic heterocycles. The van der Waals surface area contributed by atoms with Crippen LogP contribution < -0.4 is 15.1 Å². The first-order chi connectivity index (χ1) is 16.8. The van der Waals surface area contributed by atoms with Crippen molar-refractivity contribution in [2.24, 2.45) is 0 Å². The van der Waals surface area contributed by atoms with Gasteiger partial charge in [-0.1, -0.05) is 0 Å². The normalized spacial score (nSPS) is 17.6. The standard InChI is InChI=1S/C25H34N4O6/c1-17-18-13-21(33-3)22(34-4)15-20(18)35-25(32)19(17)14-23(30)28-11-7-27(8-12-28)16-24(31)29-9-5-26(2)6-10-29/h13,15H,5-12,14,16H2,1-4H3. The molecule has 10 heteroatoms. The van der Waals surface area contributed by atoms with E-state index in [-0.39, 0.29) is 18.2 Å². The summed E-state index contributed by atoms with van der Waals surface area (Å²) < 4.78 is 16.2. The summed E-state index contributed by atoms with van der Waals surface area (Å²) in [5.74, 6) is 1.02. The van der Waals surface area contributed by atoms with Gasteiger partial charge in [0.25, 0.3) is 0 Å². The van der Waals surface area contributed by atoms with Crippen molar-refractivity contribution in [2.75, 3.05) is 80.2 Å². The smallest absolute Gasteiger partial charge is 0.340 e. The van der Waals surface area contributed by atoms with Crippen LogP contribution in [0.15, 0.2) is 21.3 Å². The maximum Gasteiger partial charge on any atom is 0.340 e. The molecule has 10 nitrogen and oxygen atoms in total. The molecule has 1 aromatic carbocycles. The molecule has 2 aliphatic heterocycles. The second-order valence-electron chi connectivity index (χ2n) is 9.21. The van der Waals surface area contributed by atoms with Gasteiger partial charge in [0.2, 0.25) is 11.8 Å². The third kappa shape index (κ3) is 5.43. The van der Waals surface area contributed by atoms with E-state index in [4.69, 9.17) is 13.9 Å². The molecule has 0 radical (unpaired) electrons. The Morgan fingerprint density at radius 2 is 1.46 bits per heavy atom. The predicted molar refractivity (Wildman–Crippen MR) is 131 cm³/mol. The van der Waals surface area contributed by atoms with Gasteiger partial charge in [-0.3, -0.25) is 14.5 Å². The van der Waals surface area contributed by atoms with Crippen LogP contribution in [0.25, 0.3) is 11.0 Å². The maximum atomic E-state index is 13.0. The molecule has 2 amide bonds. The Bertz CT molecular complexity index is 1150. The van der Waals surface area contributed by atoms with Crippen molar-refractivity contribution in [1.82, 2.24) is 19.6 Å². The zero-order valence-corrected chi connectivity index (χ0v) is 21.0. The number of aryl methyl sites for hydroxylation is 1. The van der Waals surface area contributed by atoms with Gasteiger partial charge in [0.15, 0.2) is 11.5 Å². The van der Waals surface area contributed by atoms with Gasteiger partial charge in [-0.05, 0) is 25.6 Å². The lowest BCUT2D eigenvalue weighted by molar-refractivity contribution is -0.135. The molecule has 2 fully saturated rings. The van der Waals surface area contributed by atoms with Gasteiger partial charge < -0.3 is 28.6 Å². The number of ether oxygens (including phenoxy) is 2. The average molecular weight is 487 g/mol. The number of fused-ring (bicyclic) bond motifs is 1. The van der Waals surface area contributed by atoms with Gasteiger partial charge in [-0.2, -0.15) is 0 Å². The Kier molecular flexibility index (Phi) is 7.61. The van der Waals surface area contributed by atoms with E-state index in [0.29, 0.717) is 66.3 Å². The first kappa shape index (κ1) is 25.0. The topological polar surface area (TPSA) is 95.8 Å². The molecule has 0 aliphatic carbocycles. The van der Waals surface area contributed by atoms with Gasteiger partial charge >= 0.3 is 5.63 Å². The lowest BCUT2D eigenvalue weighted by Crippen LogP contribution is -2.54. The number of nitrogens with zero attached hydrogens (tertiary/aromatic N) is 4. The number of carbonyl (C=O) groups excluding carboxylic acids is 2. The van der Waals surface area contributed by atoms with Gasteiger partial charge in [0, 0.05) is 63.8 Å². The van der Waals surface area contributed by atoms with E-state index in [9.17, 15) is 14.4 Å². The molecule has 0 bridgehead atoms. The van der Waals surface area contributed by atoms with Crippen molar-refractivity contribution >= 4 is 22.8 Å². The molecule has 35 heavy (non-hydrogen) atoms. The Morgan fingerprint density at radius 1 is 0.886 bits per heavy atom. The van der Waals surface area contributed by atoms with Crippen LogP contribution in [0.1, 0.15) is 11.1 Å². The number of hydrogen-bond acceptors (Lipinski definition) is 8.